The van der Waals surface area contributed by atoms with Gasteiger partial charge in [-0.1, -0.05) is 6.92 Å². The van der Waals surface area contributed by atoms with Crippen molar-refractivity contribution in [3.63, 3.8) is 0 Å². The molecule has 0 bridgehead atoms. The first-order chi connectivity index (χ1) is 11.6. The van der Waals surface area contributed by atoms with Crippen molar-refractivity contribution in [1.29, 1.82) is 0 Å². The van der Waals surface area contributed by atoms with Gasteiger partial charge < -0.3 is 15.5 Å². The molecule has 2 aromatic heterocycles. The molecule has 1 aliphatic rings. The van der Waals surface area contributed by atoms with Crippen molar-refractivity contribution in [2.45, 2.75) is 20.4 Å². The fourth-order valence-corrected chi connectivity index (χ4v) is 2.76. The number of anilines is 2. The molecule has 0 spiro atoms. The molecule has 1 fully saturated rings. The van der Waals surface area contributed by atoms with Crippen LogP contribution >= 0.6 is 0 Å². The molecule has 0 aliphatic carbocycles. The highest BCUT2D eigenvalue weighted by atomic mass is 16.1. The first-order valence-corrected chi connectivity index (χ1v) is 8.34. The summed E-state index contributed by atoms with van der Waals surface area (Å²) in [6.45, 7) is 8.19. The number of hydrogen-bond acceptors (Lipinski definition) is 5. The standard InChI is InChI=1S/C17H24N6O/c1-13(12-23-8-4-14(2)21-23)17(24)20-15-3-5-19-16(11-15)22-9-6-18-7-10-22/h3-5,8,11,13,18H,6-7,9-10,12H2,1-2H3,(H,19,20,24). The minimum atomic E-state index is -0.167. The maximum atomic E-state index is 12.4. The summed E-state index contributed by atoms with van der Waals surface area (Å²) in [5.74, 6) is 0.727. The van der Waals surface area contributed by atoms with Crippen LogP contribution in [0.1, 0.15) is 12.6 Å². The van der Waals surface area contributed by atoms with Gasteiger partial charge in [0.05, 0.1) is 18.2 Å². The van der Waals surface area contributed by atoms with E-state index in [1.54, 1.807) is 10.9 Å². The van der Waals surface area contributed by atoms with E-state index < -0.39 is 0 Å². The molecule has 1 amide bonds. The number of pyridine rings is 1. The third-order valence-electron chi connectivity index (χ3n) is 4.14. The summed E-state index contributed by atoms with van der Waals surface area (Å²) in [5, 5.41) is 10.6. The summed E-state index contributed by atoms with van der Waals surface area (Å²) < 4.78 is 1.80. The van der Waals surface area contributed by atoms with Crippen LogP contribution in [-0.2, 0) is 11.3 Å². The molecule has 3 rings (SSSR count). The van der Waals surface area contributed by atoms with Gasteiger partial charge in [0.2, 0.25) is 5.91 Å². The van der Waals surface area contributed by atoms with E-state index in [2.05, 4.69) is 25.6 Å². The second kappa shape index (κ2) is 7.44. The molecule has 0 saturated carbocycles. The molecular formula is C17H24N6O. The van der Waals surface area contributed by atoms with E-state index in [4.69, 9.17) is 0 Å². The van der Waals surface area contributed by atoms with Crippen LogP contribution in [0.5, 0.6) is 0 Å². The fraction of sp³-hybridized carbons (Fsp3) is 0.471. The number of aryl methyl sites for hydroxylation is 1. The Labute approximate surface area is 142 Å². The van der Waals surface area contributed by atoms with Crippen molar-refractivity contribution in [1.82, 2.24) is 20.1 Å². The number of nitrogens with one attached hydrogen (secondary N) is 2. The van der Waals surface area contributed by atoms with Crippen molar-refractivity contribution < 1.29 is 4.79 Å². The Morgan fingerprint density at radius 2 is 2.17 bits per heavy atom. The van der Waals surface area contributed by atoms with E-state index in [9.17, 15) is 4.79 Å². The van der Waals surface area contributed by atoms with E-state index >= 15 is 0 Å². The smallest absolute Gasteiger partial charge is 0.229 e. The molecule has 2 N–H and O–H groups in total. The van der Waals surface area contributed by atoms with E-state index in [1.165, 1.54) is 0 Å². The maximum Gasteiger partial charge on any atom is 0.229 e. The minimum absolute atomic E-state index is 0.0133. The number of piperazine rings is 1. The zero-order valence-corrected chi connectivity index (χ0v) is 14.2. The number of carbonyl (C=O) groups excluding carboxylic acids is 1. The highest BCUT2D eigenvalue weighted by molar-refractivity contribution is 5.92. The second-order valence-corrected chi connectivity index (χ2v) is 6.21. The quantitative estimate of drug-likeness (QED) is 0.864. The summed E-state index contributed by atoms with van der Waals surface area (Å²) >= 11 is 0. The summed E-state index contributed by atoms with van der Waals surface area (Å²) in [6.07, 6.45) is 3.64. The van der Waals surface area contributed by atoms with Crippen molar-refractivity contribution >= 4 is 17.4 Å². The Kier molecular flexibility index (Phi) is 5.10. The van der Waals surface area contributed by atoms with E-state index in [1.807, 2.05) is 38.2 Å². The average Bonchev–Trinajstić information content (AvgIpc) is 3.00. The number of nitrogens with zero attached hydrogens (tertiary/aromatic N) is 4. The largest absolute Gasteiger partial charge is 0.354 e. The SMILES string of the molecule is Cc1ccn(CC(C)C(=O)Nc2ccnc(N3CCNCC3)c2)n1. The number of carbonyl (C=O) groups is 1. The second-order valence-electron chi connectivity index (χ2n) is 6.21. The van der Waals surface area contributed by atoms with Crippen LogP contribution in [0.2, 0.25) is 0 Å². The molecule has 1 atom stereocenters. The van der Waals surface area contributed by atoms with Gasteiger partial charge in [-0.15, -0.1) is 0 Å². The van der Waals surface area contributed by atoms with E-state index in [-0.39, 0.29) is 11.8 Å². The zero-order valence-electron chi connectivity index (χ0n) is 14.2. The van der Waals surface area contributed by atoms with Gasteiger partial charge in [-0.25, -0.2) is 4.98 Å². The van der Waals surface area contributed by atoms with Crippen LogP contribution < -0.4 is 15.5 Å². The minimum Gasteiger partial charge on any atom is -0.354 e. The molecule has 1 aliphatic heterocycles. The number of rotatable bonds is 5. The van der Waals surface area contributed by atoms with Crippen LogP contribution in [0.4, 0.5) is 11.5 Å². The lowest BCUT2D eigenvalue weighted by atomic mass is 10.1. The Bertz CT molecular complexity index is 692. The number of hydrogen-bond donors (Lipinski definition) is 2. The first-order valence-electron chi connectivity index (χ1n) is 8.34. The Morgan fingerprint density at radius 1 is 1.38 bits per heavy atom. The normalized spacial score (nSPS) is 16.0. The van der Waals surface area contributed by atoms with Gasteiger partial charge in [0.25, 0.3) is 0 Å². The van der Waals surface area contributed by atoms with Crippen molar-refractivity contribution in [3.8, 4) is 0 Å². The average molecular weight is 328 g/mol. The molecule has 7 nitrogen and oxygen atoms in total. The van der Waals surface area contributed by atoms with Crippen molar-refractivity contribution in [2.75, 3.05) is 36.4 Å². The van der Waals surface area contributed by atoms with Gasteiger partial charge in [-0.3, -0.25) is 9.48 Å². The Balaban J connectivity index is 1.61. The predicted molar refractivity (Wildman–Crippen MR) is 94.1 cm³/mol. The highest BCUT2D eigenvalue weighted by Crippen LogP contribution is 2.17. The molecule has 3 heterocycles. The lowest BCUT2D eigenvalue weighted by Gasteiger charge is -2.28. The summed E-state index contributed by atoms with van der Waals surface area (Å²) in [5.41, 5.74) is 1.74. The van der Waals surface area contributed by atoms with E-state index in [0.29, 0.717) is 6.54 Å². The molecule has 7 heteroatoms. The van der Waals surface area contributed by atoms with Crippen LogP contribution in [0.15, 0.2) is 30.6 Å². The molecular weight excluding hydrogens is 304 g/mol. The Hall–Kier alpha value is -2.41. The van der Waals surface area contributed by atoms with Crippen LogP contribution in [0, 0.1) is 12.8 Å². The summed E-state index contributed by atoms with van der Waals surface area (Å²) in [6, 6.07) is 5.70. The van der Waals surface area contributed by atoms with E-state index in [0.717, 1.165) is 43.4 Å². The van der Waals surface area contributed by atoms with Gasteiger partial charge >= 0.3 is 0 Å². The molecule has 0 aromatic carbocycles. The maximum absolute atomic E-state index is 12.4. The zero-order chi connectivity index (χ0) is 16.9. The summed E-state index contributed by atoms with van der Waals surface area (Å²) in [4.78, 5) is 19.1. The number of amides is 1. The van der Waals surface area contributed by atoms with Gasteiger partial charge in [-0.2, -0.15) is 5.10 Å². The lowest BCUT2D eigenvalue weighted by molar-refractivity contribution is -0.119. The molecule has 1 unspecified atom stereocenters. The first kappa shape index (κ1) is 16.4. The number of aromatic nitrogens is 3. The molecule has 24 heavy (non-hydrogen) atoms. The molecule has 2 aromatic rings. The molecule has 0 radical (unpaired) electrons. The topological polar surface area (TPSA) is 75.1 Å². The van der Waals surface area contributed by atoms with Crippen LogP contribution in [0.3, 0.4) is 0 Å². The van der Waals surface area contributed by atoms with Crippen LogP contribution in [-0.4, -0.2) is 46.9 Å². The van der Waals surface area contributed by atoms with Crippen molar-refractivity contribution in [2.24, 2.45) is 5.92 Å². The highest BCUT2D eigenvalue weighted by Gasteiger charge is 2.16. The third kappa shape index (κ3) is 4.11. The lowest BCUT2D eigenvalue weighted by Crippen LogP contribution is -2.43. The van der Waals surface area contributed by atoms with Crippen molar-refractivity contribution in [3.05, 3.63) is 36.3 Å². The van der Waals surface area contributed by atoms with Gasteiger partial charge in [0.1, 0.15) is 5.82 Å². The van der Waals surface area contributed by atoms with Gasteiger partial charge in [0.15, 0.2) is 0 Å². The van der Waals surface area contributed by atoms with Crippen LogP contribution in [0.25, 0.3) is 0 Å². The Morgan fingerprint density at radius 3 is 2.88 bits per heavy atom. The summed E-state index contributed by atoms with van der Waals surface area (Å²) in [7, 11) is 0. The fourth-order valence-electron chi connectivity index (χ4n) is 2.76. The molecule has 1 saturated heterocycles. The third-order valence-corrected chi connectivity index (χ3v) is 4.14. The predicted octanol–water partition coefficient (Wildman–Crippen LogP) is 1.27. The van der Waals surface area contributed by atoms with Gasteiger partial charge in [-0.05, 0) is 19.1 Å². The molecule has 128 valence electrons. The monoisotopic (exact) mass is 328 g/mol. The van der Waals surface area contributed by atoms with Gasteiger partial charge in [0, 0.05) is 50.3 Å².